The summed E-state index contributed by atoms with van der Waals surface area (Å²) in [6.45, 7) is 2.01. The fourth-order valence-corrected chi connectivity index (χ4v) is 4.04. The second-order valence-corrected chi connectivity index (χ2v) is 7.71. The zero-order valence-corrected chi connectivity index (χ0v) is 15.3. The summed E-state index contributed by atoms with van der Waals surface area (Å²) in [6.07, 6.45) is 3.97. The zero-order chi connectivity index (χ0) is 18.2. The Kier molecular flexibility index (Phi) is 4.20. The van der Waals surface area contributed by atoms with Crippen LogP contribution in [0.2, 0.25) is 0 Å². The SMILES string of the molecule is OC(Nc1nc2cccc(N3CCCC(c4ccccc4)C3)n2n1)C1CC1. The summed E-state index contributed by atoms with van der Waals surface area (Å²) >= 11 is 0. The van der Waals surface area contributed by atoms with Gasteiger partial charge in [-0.3, -0.25) is 0 Å². The van der Waals surface area contributed by atoms with E-state index in [4.69, 9.17) is 0 Å². The summed E-state index contributed by atoms with van der Waals surface area (Å²) in [7, 11) is 0. The smallest absolute Gasteiger partial charge is 0.245 e. The van der Waals surface area contributed by atoms with Crippen molar-refractivity contribution < 1.29 is 5.11 Å². The van der Waals surface area contributed by atoms with E-state index in [1.54, 1.807) is 0 Å². The number of hydrogen-bond acceptors (Lipinski definition) is 5. The molecule has 1 saturated carbocycles. The predicted molar refractivity (Wildman–Crippen MR) is 106 cm³/mol. The third-order valence-electron chi connectivity index (χ3n) is 5.70. The predicted octanol–water partition coefficient (Wildman–Crippen LogP) is 3.25. The van der Waals surface area contributed by atoms with Crippen molar-refractivity contribution in [1.82, 2.24) is 14.6 Å². The van der Waals surface area contributed by atoms with Crippen LogP contribution in [-0.2, 0) is 0 Å². The molecule has 5 rings (SSSR count). The van der Waals surface area contributed by atoms with E-state index in [1.165, 1.54) is 12.0 Å². The average Bonchev–Trinajstić information content (AvgIpc) is 3.49. The van der Waals surface area contributed by atoms with Crippen molar-refractivity contribution in [1.29, 1.82) is 0 Å². The monoisotopic (exact) mass is 363 g/mol. The lowest BCUT2D eigenvalue weighted by Crippen LogP contribution is -2.35. The first-order valence-electron chi connectivity index (χ1n) is 9.88. The molecule has 3 aromatic rings. The number of pyridine rings is 1. The molecule has 6 heteroatoms. The number of rotatable bonds is 5. The van der Waals surface area contributed by atoms with E-state index in [-0.39, 0.29) is 0 Å². The Labute approximate surface area is 158 Å². The summed E-state index contributed by atoms with van der Waals surface area (Å²) in [5.41, 5.74) is 2.21. The maximum Gasteiger partial charge on any atom is 0.245 e. The zero-order valence-electron chi connectivity index (χ0n) is 15.3. The number of nitrogens with one attached hydrogen (secondary N) is 1. The molecule has 3 heterocycles. The Morgan fingerprint density at radius 3 is 2.70 bits per heavy atom. The summed E-state index contributed by atoms with van der Waals surface area (Å²) in [5.74, 6) is 2.44. The number of nitrogens with zero attached hydrogens (tertiary/aromatic N) is 4. The van der Waals surface area contributed by atoms with Gasteiger partial charge in [0.2, 0.25) is 5.95 Å². The Balaban J connectivity index is 1.41. The molecule has 2 atom stereocenters. The number of aliphatic hydroxyl groups excluding tert-OH is 1. The van der Waals surface area contributed by atoms with E-state index < -0.39 is 6.23 Å². The van der Waals surface area contributed by atoms with E-state index >= 15 is 0 Å². The minimum absolute atomic E-state index is 0.338. The quantitative estimate of drug-likeness (QED) is 0.681. The Hall–Kier alpha value is -2.60. The molecule has 140 valence electrons. The van der Waals surface area contributed by atoms with Crippen LogP contribution in [0.3, 0.4) is 0 Å². The van der Waals surface area contributed by atoms with Crippen LogP contribution in [0.5, 0.6) is 0 Å². The lowest BCUT2D eigenvalue weighted by molar-refractivity contribution is 0.179. The van der Waals surface area contributed by atoms with Crippen molar-refractivity contribution in [2.45, 2.75) is 37.8 Å². The summed E-state index contributed by atoms with van der Waals surface area (Å²) in [4.78, 5) is 6.96. The first-order valence-corrected chi connectivity index (χ1v) is 9.88. The van der Waals surface area contributed by atoms with Crippen molar-refractivity contribution in [2.24, 2.45) is 5.92 Å². The largest absolute Gasteiger partial charge is 0.373 e. The number of hydrogen-bond donors (Lipinski definition) is 2. The van der Waals surface area contributed by atoms with Crippen LogP contribution in [0.15, 0.2) is 48.5 Å². The Morgan fingerprint density at radius 1 is 1.04 bits per heavy atom. The minimum Gasteiger partial charge on any atom is -0.373 e. The minimum atomic E-state index is -0.552. The van der Waals surface area contributed by atoms with Gasteiger partial charge in [-0.2, -0.15) is 9.50 Å². The first kappa shape index (κ1) is 16.6. The van der Waals surface area contributed by atoms with E-state index in [0.29, 0.717) is 17.8 Å². The molecule has 1 saturated heterocycles. The van der Waals surface area contributed by atoms with Gasteiger partial charge in [-0.05, 0) is 43.4 Å². The molecular weight excluding hydrogens is 338 g/mol. The van der Waals surface area contributed by atoms with Crippen LogP contribution in [0.25, 0.3) is 5.65 Å². The van der Waals surface area contributed by atoms with Crippen LogP contribution < -0.4 is 10.2 Å². The van der Waals surface area contributed by atoms with Gasteiger partial charge in [-0.1, -0.05) is 36.4 Å². The molecule has 2 aromatic heterocycles. The van der Waals surface area contributed by atoms with Crippen LogP contribution in [0.1, 0.15) is 37.2 Å². The molecule has 2 aliphatic rings. The van der Waals surface area contributed by atoms with Crippen molar-refractivity contribution in [2.75, 3.05) is 23.3 Å². The van der Waals surface area contributed by atoms with Gasteiger partial charge in [0.1, 0.15) is 12.0 Å². The van der Waals surface area contributed by atoms with Crippen molar-refractivity contribution in [3.05, 3.63) is 54.1 Å². The highest BCUT2D eigenvalue weighted by Gasteiger charge is 2.30. The Bertz CT molecular complexity index is 921. The number of aromatic nitrogens is 3. The first-order chi connectivity index (χ1) is 13.3. The molecule has 1 aliphatic heterocycles. The number of fused-ring (bicyclic) bond motifs is 1. The topological polar surface area (TPSA) is 65.7 Å². The molecule has 1 aliphatic carbocycles. The van der Waals surface area contributed by atoms with Crippen molar-refractivity contribution in [3.8, 4) is 0 Å². The molecule has 27 heavy (non-hydrogen) atoms. The number of anilines is 2. The van der Waals surface area contributed by atoms with Crippen LogP contribution >= 0.6 is 0 Å². The molecule has 2 N–H and O–H groups in total. The molecule has 1 aromatic carbocycles. The fourth-order valence-electron chi connectivity index (χ4n) is 4.04. The highest BCUT2D eigenvalue weighted by atomic mass is 16.3. The highest BCUT2D eigenvalue weighted by molar-refractivity contribution is 5.53. The number of aliphatic hydroxyl groups is 1. The molecular formula is C21H25N5O. The molecule has 0 radical (unpaired) electrons. The van der Waals surface area contributed by atoms with Crippen LogP contribution in [-0.4, -0.2) is 39.0 Å². The summed E-state index contributed by atoms with van der Waals surface area (Å²) in [5, 5.41) is 17.8. The molecule has 0 amide bonds. The van der Waals surface area contributed by atoms with E-state index in [1.807, 2.05) is 16.6 Å². The Morgan fingerprint density at radius 2 is 1.89 bits per heavy atom. The third kappa shape index (κ3) is 3.37. The summed E-state index contributed by atoms with van der Waals surface area (Å²) in [6, 6.07) is 16.9. The van der Waals surface area contributed by atoms with Gasteiger partial charge in [0.05, 0.1) is 0 Å². The van der Waals surface area contributed by atoms with Crippen LogP contribution in [0.4, 0.5) is 11.8 Å². The molecule has 2 fully saturated rings. The highest BCUT2D eigenvalue weighted by Crippen LogP contribution is 2.33. The number of piperidine rings is 1. The van der Waals surface area contributed by atoms with Gasteiger partial charge in [-0.25, -0.2) is 0 Å². The van der Waals surface area contributed by atoms with Gasteiger partial charge in [0.15, 0.2) is 5.65 Å². The van der Waals surface area contributed by atoms with Gasteiger partial charge >= 0.3 is 0 Å². The van der Waals surface area contributed by atoms with E-state index in [0.717, 1.165) is 43.8 Å². The average molecular weight is 363 g/mol. The van der Waals surface area contributed by atoms with Gasteiger partial charge < -0.3 is 15.3 Å². The third-order valence-corrected chi connectivity index (χ3v) is 5.70. The normalized spacial score (nSPS) is 21.4. The second kappa shape index (κ2) is 6.85. The molecule has 0 bridgehead atoms. The van der Waals surface area contributed by atoms with E-state index in [2.05, 4.69) is 56.7 Å². The van der Waals surface area contributed by atoms with Crippen LogP contribution in [0, 0.1) is 5.92 Å². The standard InChI is InChI=1S/C21H25N5O/c27-20(16-11-12-16)23-21-22-18-9-4-10-19(26(18)24-21)25-13-5-8-17(14-25)15-6-2-1-3-7-15/h1-4,6-7,9-10,16-17,20,27H,5,8,11-14H2,(H,23,24). The molecule has 2 unspecified atom stereocenters. The lowest BCUT2D eigenvalue weighted by atomic mass is 9.91. The maximum absolute atomic E-state index is 10.1. The lowest BCUT2D eigenvalue weighted by Gasteiger charge is -2.34. The number of benzene rings is 1. The summed E-state index contributed by atoms with van der Waals surface area (Å²) < 4.78 is 1.90. The van der Waals surface area contributed by atoms with Gasteiger partial charge in [-0.15, -0.1) is 5.10 Å². The van der Waals surface area contributed by atoms with Gasteiger partial charge in [0, 0.05) is 24.9 Å². The van der Waals surface area contributed by atoms with E-state index in [9.17, 15) is 5.11 Å². The van der Waals surface area contributed by atoms with Crippen molar-refractivity contribution in [3.63, 3.8) is 0 Å². The van der Waals surface area contributed by atoms with Gasteiger partial charge in [0.25, 0.3) is 0 Å². The fraction of sp³-hybridized carbons (Fsp3) is 0.429. The van der Waals surface area contributed by atoms with Crippen molar-refractivity contribution >= 4 is 17.4 Å². The molecule has 0 spiro atoms. The second-order valence-electron chi connectivity index (χ2n) is 7.71. The molecule has 6 nitrogen and oxygen atoms in total. The maximum atomic E-state index is 10.1.